The number of hydrogen-bond donors (Lipinski definition) is 2. The molecule has 0 saturated carbocycles. The maximum atomic E-state index is 11.8. The lowest BCUT2D eigenvalue weighted by Gasteiger charge is -2.01. The van der Waals surface area contributed by atoms with E-state index in [4.69, 9.17) is 0 Å². The van der Waals surface area contributed by atoms with Crippen LogP contribution in [0.5, 0.6) is 0 Å². The summed E-state index contributed by atoms with van der Waals surface area (Å²) in [4.78, 5) is 11.8. The molecular formula is C10H9IN4OS. The van der Waals surface area contributed by atoms with Crippen LogP contribution in [0.2, 0.25) is 0 Å². The molecule has 2 N–H and O–H groups in total. The monoisotopic (exact) mass is 360 g/mol. The molecule has 1 amide bonds. The highest BCUT2D eigenvalue weighted by atomic mass is 127. The third-order valence-corrected chi connectivity index (χ3v) is 3.59. The van der Waals surface area contributed by atoms with Gasteiger partial charge in [0, 0.05) is 16.3 Å². The number of anilines is 2. The van der Waals surface area contributed by atoms with Crippen LogP contribution in [-0.4, -0.2) is 23.2 Å². The van der Waals surface area contributed by atoms with E-state index in [0.717, 1.165) is 9.26 Å². The molecule has 1 aromatic carbocycles. The van der Waals surface area contributed by atoms with E-state index < -0.39 is 0 Å². The molecule has 5 nitrogen and oxygen atoms in total. The molecule has 2 rings (SSSR count). The van der Waals surface area contributed by atoms with Gasteiger partial charge in [0.25, 0.3) is 5.91 Å². The topological polar surface area (TPSA) is 66.9 Å². The van der Waals surface area contributed by atoms with E-state index in [-0.39, 0.29) is 5.91 Å². The average molecular weight is 360 g/mol. The van der Waals surface area contributed by atoms with E-state index in [1.807, 2.05) is 24.3 Å². The number of hydrogen-bond acceptors (Lipinski definition) is 5. The SMILES string of the molecule is CNc1nnc(C(=O)Nc2ccc(I)cc2)s1. The second-order valence-electron chi connectivity index (χ2n) is 3.12. The van der Waals surface area contributed by atoms with E-state index >= 15 is 0 Å². The van der Waals surface area contributed by atoms with Gasteiger partial charge in [0.2, 0.25) is 10.1 Å². The first-order valence-corrected chi connectivity index (χ1v) is 6.67. The van der Waals surface area contributed by atoms with Crippen molar-refractivity contribution in [1.82, 2.24) is 10.2 Å². The summed E-state index contributed by atoms with van der Waals surface area (Å²) in [6.07, 6.45) is 0. The Bertz CT molecular complexity index is 525. The van der Waals surface area contributed by atoms with Gasteiger partial charge in [0.05, 0.1) is 0 Å². The largest absolute Gasteiger partial charge is 0.363 e. The van der Waals surface area contributed by atoms with E-state index in [0.29, 0.717) is 10.1 Å². The minimum Gasteiger partial charge on any atom is -0.363 e. The molecule has 0 radical (unpaired) electrons. The molecule has 2 aromatic rings. The van der Waals surface area contributed by atoms with Crippen LogP contribution in [0.1, 0.15) is 9.80 Å². The number of nitrogens with zero attached hydrogens (tertiary/aromatic N) is 2. The summed E-state index contributed by atoms with van der Waals surface area (Å²) in [5.41, 5.74) is 0.747. The maximum absolute atomic E-state index is 11.8. The molecular weight excluding hydrogens is 351 g/mol. The lowest BCUT2D eigenvalue weighted by Crippen LogP contribution is -2.11. The van der Waals surface area contributed by atoms with Crippen molar-refractivity contribution in [3.8, 4) is 0 Å². The fourth-order valence-corrected chi connectivity index (χ4v) is 2.09. The van der Waals surface area contributed by atoms with Crippen molar-refractivity contribution in [3.63, 3.8) is 0 Å². The second kappa shape index (κ2) is 5.41. The quantitative estimate of drug-likeness (QED) is 0.826. The highest BCUT2D eigenvalue weighted by molar-refractivity contribution is 14.1. The van der Waals surface area contributed by atoms with Gasteiger partial charge in [-0.05, 0) is 46.9 Å². The number of carbonyl (C=O) groups excluding carboxylic acids is 1. The number of aromatic nitrogens is 2. The molecule has 0 aliphatic carbocycles. The Morgan fingerprint density at radius 2 is 2.00 bits per heavy atom. The lowest BCUT2D eigenvalue weighted by molar-refractivity contribution is 0.102. The number of rotatable bonds is 3. The number of nitrogens with one attached hydrogen (secondary N) is 2. The zero-order valence-electron chi connectivity index (χ0n) is 8.90. The van der Waals surface area contributed by atoms with Crippen LogP contribution in [0.4, 0.5) is 10.8 Å². The van der Waals surface area contributed by atoms with Gasteiger partial charge in [-0.15, -0.1) is 10.2 Å². The van der Waals surface area contributed by atoms with E-state index in [1.54, 1.807) is 7.05 Å². The summed E-state index contributed by atoms with van der Waals surface area (Å²) in [6, 6.07) is 7.55. The fraction of sp³-hybridized carbons (Fsp3) is 0.100. The van der Waals surface area contributed by atoms with Crippen LogP contribution >= 0.6 is 33.9 Å². The third kappa shape index (κ3) is 3.13. The number of amides is 1. The molecule has 0 aliphatic rings. The molecule has 0 fully saturated rings. The summed E-state index contributed by atoms with van der Waals surface area (Å²) in [5, 5.41) is 14.2. The predicted octanol–water partition coefficient (Wildman–Crippen LogP) is 2.44. The molecule has 1 heterocycles. The zero-order chi connectivity index (χ0) is 12.3. The molecule has 0 bridgehead atoms. The van der Waals surface area contributed by atoms with E-state index in [2.05, 4.69) is 43.4 Å². The molecule has 17 heavy (non-hydrogen) atoms. The minimum absolute atomic E-state index is 0.245. The van der Waals surface area contributed by atoms with Crippen molar-refractivity contribution in [1.29, 1.82) is 0 Å². The van der Waals surface area contributed by atoms with Gasteiger partial charge in [-0.1, -0.05) is 11.3 Å². The fourth-order valence-electron chi connectivity index (χ4n) is 1.13. The first kappa shape index (κ1) is 12.2. The highest BCUT2D eigenvalue weighted by Crippen LogP contribution is 2.17. The molecule has 1 aromatic heterocycles. The van der Waals surface area contributed by atoms with E-state index in [9.17, 15) is 4.79 Å². The molecule has 0 atom stereocenters. The van der Waals surface area contributed by atoms with Crippen LogP contribution < -0.4 is 10.6 Å². The van der Waals surface area contributed by atoms with Gasteiger partial charge in [0.1, 0.15) is 0 Å². The van der Waals surface area contributed by atoms with Crippen molar-refractivity contribution in [3.05, 3.63) is 32.8 Å². The summed E-state index contributed by atoms with van der Waals surface area (Å²) in [5.74, 6) is -0.245. The first-order chi connectivity index (χ1) is 8.19. The molecule has 7 heteroatoms. The van der Waals surface area contributed by atoms with Gasteiger partial charge >= 0.3 is 0 Å². The molecule has 0 spiro atoms. The van der Waals surface area contributed by atoms with Crippen molar-refractivity contribution in [2.45, 2.75) is 0 Å². The van der Waals surface area contributed by atoms with Crippen molar-refractivity contribution < 1.29 is 4.79 Å². The number of halogens is 1. The zero-order valence-corrected chi connectivity index (χ0v) is 11.9. The molecule has 0 aliphatic heterocycles. The Labute approximate surface area is 116 Å². The van der Waals surface area contributed by atoms with Crippen LogP contribution in [0.15, 0.2) is 24.3 Å². The Balaban J connectivity index is 2.08. The normalized spacial score (nSPS) is 10.0. The molecule has 0 unspecified atom stereocenters. The lowest BCUT2D eigenvalue weighted by atomic mass is 10.3. The van der Waals surface area contributed by atoms with Crippen LogP contribution in [-0.2, 0) is 0 Å². The highest BCUT2D eigenvalue weighted by Gasteiger charge is 2.12. The van der Waals surface area contributed by atoms with Crippen molar-refractivity contribution >= 4 is 50.7 Å². The third-order valence-electron chi connectivity index (χ3n) is 1.94. The minimum atomic E-state index is -0.245. The summed E-state index contributed by atoms with van der Waals surface area (Å²) in [7, 11) is 1.74. The van der Waals surface area contributed by atoms with Gasteiger partial charge in [-0.3, -0.25) is 4.79 Å². The molecule has 0 saturated heterocycles. The summed E-state index contributed by atoms with van der Waals surface area (Å²) >= 11 is 3.43. The standard InChI is InChI=1S/C10H9IN4OS/c1-12-10-15-14-9(17-10)8(16)13-7-4-2-6(11)3-5-7/h2-5H,1H3,(H,12,15)(H,13,16). The predicted molar refractivity (Wildman–Crippen MR) is 76.6 cm³/mol. The Kier molecular flexibility index (Phi) is 3.89. The Morgan fingerprint density at radius 3 is 2.59 bits per heavy atom. The summed E-state index contributed by atoms with van der Waals surface area (Å²) < 4.78 is 1.12. The molecule has 88 valence electrons. The van der Waals surface area contributed by atoms with Gasteiger partial charge < -0.3 is 10.6 Å². The second-order valence-corrected chi connectivity index (χ2v) is 5.35. The van der Waals surface area contributed by atoms with Crippen molar-refractivity contribution in [2.24, 2.45) is 0 Å². The first-order valence-electron chi connectivity index (χ1n) is 4.77. The van der Waals surface area contributed by atoms with Crippen LogP contribution in [0, 0.1) is 3.57 Å². The van der Waals surface area contributed by atoms with E-state index in [1.165, 1.54) is 11.3 Å². The average Bonchev–Trinajstić information content (AvgIpc) is 2.81. The maximum Gasteiger partial charge on any atom is 0.286 e. The van der Waals surface area contributed by atoms with Gasteiger partial charge in [0.15, 0.2) is 0 Å². The Hall–Kier alpha value is -1.22. The number of benzene rings is 1. The summed E-state index contributed by atoms with van der Waals surface area (Å²) in [6.45, 7) is 0. The van der Waals surface area contributed by atoms with Crippen LogP contribution in [0.25, 0.3) is 0 Å². The van der Waals surface area contributed by atoms with Gasteiger partial charge in [-0.25, -0.2) is 0 Å². The van der Waals surface area contributed by atoms with Crippen LogP contribution in [0.3, 0.4) is 0 Å². The van der Waals surface area contributed by atoms with Gasteiger partial charge in [-0.2, -0.15) is 0 Å². The Morgan fingerprint density at radius 1 is 1.29 bits per heavy atom. The number of carbonyl (C=O) groups is 1. The smallest absolute Gasteiger partial charge is 0.286 e. The van der Waals surface area contributed by atoms with Crippen molar-refractivity contribution in [2.75, 3.05) is 17.7 Å².